The monoisotopic (exact) mass is 341 g/mol. The fourth-order valence-electron chi connectivity index (χ4n) is 2.42. The molecule has 2 heterocycles. The van der Waals surface area contributed by atoms with Crippen LogP contribution >= 0.6 is 11.3 Å². The Kier molecular flexibility index (Phi) is 3.73. The molecule has 1 aliphatic rings. The second kappa shape index (κ2) is 5.44. The van der Waals surface area contributed by atoms with Crippen molar-refractivity contribution in [2.24, 2.45) is 0 Å². The van der Waals surface area contributed by atoms with E-state index >= 15 is 0 Å². The van der Waals surface area contributed by atoms with E-state index in [0.29, 0.717) is 35.9 Å². The first-order chi connectivity index (χ1) is 10.4. The van der Waals surface area contributed by atoms with E-state index in [1.165, 1.54) is 29.0 Å². The van der Waals surface area contributed by atoms with Gasteiger partial charge in [-0.05, 0) is 17.5 Å². The van der Waals surface area contributed by atoms with E-state index in [2.05, 4.69) is 0 Å². The lowest BCUT2D eigenvalue weighted by atomic mass is 10.2. The molecule has 0 fully saturated rings. The predicted molar refractivity (Wildman–Crippen MR) is 85.5 cm³/mol. The van der Waals surface area contributed by atoms with Crippen LogP contribution in [0.15, 0.2) is 18.2 Å². The summed E-state index contributed by atoms with van der Waals surface area (Å²) in [6, 6.07) is 5.24. The number of anilines is 1. The fourth-order valence-corrected chi connectivity index (χ4v) is 4.38. The number of esters is 1. The third kappa shape index (κ3) is 2.64. The molecule has 0 saturated heterocycles. The Hall–Kier alpha value is -1.80. The van der Waals surface area contributed by atoms with E-state index in [1.54, 1.807) is 18.2 Å². The molecule has 1 aromatic carbocycles. The number of hydrogen-bond acceptors (Lipinski definition) is 6. The van der Waals surface area contributed by atoms with E-state index < -0.39 is 16.0 Å². The lowest BCUT2D eigenvalue weighted by molar-refractivity contribution is 0.0606. The molecule has 2 aromatic rings. The molecule has 0 saturated carbocycles. The van der Waals surface area contributed by atoms with Crippen LogP contribution in [-0.2, 0) is 14.8 Å². The number of sulfonamides is 1. The van der Waals surface area contributed by atoms with Crippen molar-refractivity contribution in [3.05, 3.63) is 23.1 Å². The Morgan fingerprint density at radius 1 is 1.36 bits per heavy atom. The van der Waals surface area contributed by atoms with Gasteiger partial charge in [-0.2, -0.15) is 0 Å². The molecule has 22 heavy (non-hydrogen) atoms. The molecule has 0 bridgehead atoms. The average molecular weight is 341 g/mol. The van der Waals surface area contributed by atoms with Crippen LogP contribution in [0.1, 0.15) is 16.1 Å². The standard InChI is InChI=1S/C14H15NO5S2/c1-19-14(16)13-7-9-6-10-11(8-12(9)21-13)20-5-3-4-15(10)22(2,17)18/h6-8H,3-5H2,1-2H3. The molecular weight excluding hydrogens is 326 g/mol. The molecule has 0 radical (unpaired) electrons. The third-order valence-corrected chi connectivity index (χ3v) is 5.67. The summed E-state index contributed by atoms with van der Waals surface area (Å²) in [6.45, 7) is 0.838. The topological polar surface area (TPSA) is 72.9 Å². The Balaban J connectivity index is 2.18. The van der Waals surface area contributed by atoms with Crippen LogP contribution in [0.5, 0.6) is 5.75 Å². The maximum absolute atomic E-state index is 12.0. The number of hydrogen-bond donors (Lipinski definition) is 0. The van der Waals surface area contributed by atoms with E-state index in [0.717, 1.165) is 10.1 Å². The number of rotatable bonds is 2. The Bertz CT molecular complexity index is 840. The summed E-state index contributed by atoms with van der Waals surface area (Å²) in [5, 5.41) is 0.795. The van der Waals surface area contributed by atoms with Gasteiger partial charge in [0.15, 0.2) is 0 Å². The number of carbonyl (C=O) groups is 1. The highest BCUT2D eigenvalue weighted by molar-refractivity contribution is 7.92. The molecule has 0 unspecified atom stereocenters. The number of nitrogens with zero attached hydrogens (tertiary/aromatic N) is 1. The molecule has 1 aromatic heterocycles. The summed E-state index contributed by atoms with van der Waals surface area (Å²) in [5.41, 5.74) is 0.515. The van der Waals surface area contributed by atoms with E-state index in [9.17, 15) is 13.2 Å². The molecule has 0 atom stereocenters. The Morgan fingerprint density at radius 3 is 2.82 bits per heavy atom. The lowest BCUT2D eigenvalue weighted by Gasteiger charge is -2.21. The summed E-state index contributed by atoms with van der Waals surface area (Å²) in [4.78, 5) is 12.1. The van der Waals surface area contributed by atoms with Gasteiger partial charge in [0.05, 0.1) is 25.7 Å². The van der Waals surface area contributed by atoms with Crippen LogP contribution in [0.2, 0.25) is 0 Å². The van der Waals surface area contributed by atoms with Gasteiger partial charge in [0, 0.05) is 23.7 Å². The molecule has 0 N–H and O–H groups in total. The van der Waals surface area contributed by atoms with Gasteiger partial charge >= 0.3 is 5.97 Å². The minimum atomic E-state index is -3.38. The summed E-state index contributed by atoms with van der Waals surface area (Å²) in [7, 11) is -2.05. The summed E-state index contributed by atoms with van der Waals surface area (Å²) in [5.74, 6) is 0.117. The van der Waals surface area contributed by atoms with Crippen molar-refractivity contribution in [3.8, 4) is 5.75 Å². The summed E-state index contributed by atoms with van der Waals surface area (Å²) in [6.07, 6.45) is 1.81. The summed E-state index contributed by atoms with van der Waals surface area (Å²) >= 11 is 1.30. The zero-order chi connectivity index (χ0) is 15.9. The van der Waals surface area contributed by atoms with Crippen LogP contribution in [0.4, 0.5) is 5.69 Å². The molecule has 0 amide bonds. The smallest absolute Gasteiger partial charge is 0.348 e. The van der Waals surface area contributed by atoms with Crippen LogP contribution < -0.4 is 9.04 Å². The molecular formula is C14H15NO5S2. The highest BCUT2D eigenvalue weighted by atomic mass is 32.2. The number of benzene rings is 1. The van der Waals surface area contributed by atoms with Crippen LogP contribution in [0.3, 0.4) is 0 Å². The number of ether oxygens (including phenoxy) is 2. The van der Waals surface area contributed by atoms with Crippen molar-refractivity contribution in [3.63, 3.8) is 0 Å². The SMILES string of the molecule is COC(=O)c1cc2cc3c(cc2s1)OCCCN3S(C)(=O)=O. The predicted octanol–water partition coefficient (Wildman–Crippen LogP) is 2.24. The quantitative estimate of drug-likeness (QED) is 0.783. The van der Waals surface area contributed by atoms with E-state index in [-0.39, 0.29) is 0 Å². The first kappa shape index (κ1) is 15.1. The van der Waals surface area contributed by atoms with Gasteiger partial charge in [0.2, 0.25) is 10.0 Å². The average Bonchev–Trinajstić information content (AvgIpc) is 2.75. The lowest BCUT2D eigenvalue weighted by Crippen LogP contribution is -2.30. The van der Waals surface area contributed by atoms with Gasteiger partial charge in [-0.25, -0.2) is 13.2 Å². The van der Waals surface area contributed by atoms with Crippen LogP contribution in [-0.4, -0.2) is 40.9 Å². The zero-order valence-electron chi connectivity index (χ0n) is 12.2. The first-order valence-corrected chi connectivity index (χ1v) is 9.33. The number of methoxy groups -OCH3 is 1. The minimum absolute atomic E-state index is 0.380. The van der Waals surface area contributed by atoms with Gasteiger partial charge in [-0.1, -0.05) is 0 Å². The van der Waals surface area contributed by atoms with E-state index in [1.807, 2.05) is 0 Å². The normalized spacial score (nSPS) is 15.1. The third-order valence-electron chi connectivity index (χ3n) is 3.42. The number of fused-ring (bicyclic) bond motifs is 2. The largest absolute Gasteiger partial charge is 0.491 e. The molecule has 0 aliphatic carbocycles. The molecule has 3 rings (SSSR count). The maximum Gasteiger partial charge on any atom is 0.348 e. The van der Waals surface area contributed by atoms with Crippen molar-refractivity contribution in [2.45, 2.75) is 6.42 Å². The van der Waals surface area contributed by atoms with Crippen molar-refractivity contribution in [2.75, 3.05) is 30.8 Å². The number of carbonyl (C=O) groups excluding carboxylic acids is 1. The van der Waals surface area contributed by atoms with Gasteiger partial charge in [0.1, 0.15) is 10.6 Å². The molecule has 0 spiro atoms. The van der Waals surface area contributed by atoms with Crippen LogP contribution in [0, 0.1) is 0 Å². The Morgan fingerprint density at radius 2 is 2.14 bits per heavy atom. The van der Waals surface area contributed by atoms with Crippen molar-refractivity contribution >= 4 is 43.1 Å². The highest BCUT2D eigenvalue weighted by Crippen LogP contribution is 2.39. The zero-order valence-corrected chi connectivity index (χ0v) is 13.8. The highest BCUT2D eigenvalue weighted by Gasteiger charge is 2.25. The Labute approximate surface area is 132 Å². The van der Waals surface area contributed by atoms with Gasteiger partial charge in [-0.3, -0.25) is 4.31 Å². The second-order valence-electron chi connectivity index (χ2n) is 5.00. The van der Waals surface area contributed by atoms with Crippen molar-refractivity contribution in [1.82, 2.24) is 0 Å². The number of thiophene rings is 1. The van der Waals surface area contributed by atoms with E-state index in [4.69, 9.17) is 9.47 Å². The van der Waals surface area contributed by atoms with Gasteiger partial charge in [-0.15, -0.1) is 11.3 Å². The second-order valence-corrected chi connectivity index (χ2v) is 7.99. The molecule has 6 nitrogen and oxygen atoms in total. The molecule has 8 heteroatoms. The first-order valence-electron chi connectivity index (χ1n) is 6.66. The van der Waals surface area contributed by atoms with Gasteiger partial charge < -0.3 is 9.47 Å². The fraction of sp³-hybridized carbons (Fsp3) is 0.357. The maximum atomic E-state index is 12.0. The molecule has 1 aliphatic heterocycles. The van der Waals surface area contributed by atoms with Gasteiger partial charge in [0.25, 0.3) is 0 Å². The van der Waals surface area contributed by atoms with Crippen molar-refractivity contribution in [1.29, 1.82) is 0 Å². The van der Waals surface area contributed by atoms with Crippen molar-refractivity contribution < 1.29 is 22.7 Å². The summed E-state index contributed by atoms with van der Waals surface area (Å²) < 4.78 is 36.6. The molecule has 118 valence electrons. The van der Waals surface area contributed by atoms with Crippen LogP contribution in [0.25, 0.3) is 10.1 Å². The minimum Gasteiger partial charge on any atom is -0.491 e.